The summed E-state index contributed by atoms with van der Waals surface area (Å²) in [6, 6.07) is 36.2. The van der Waals surface area contributed by atoms with Crippen molar-refractivity contribution in [3.05, 3.63) is 97.1 Å². The molecule has 0 saturated heterocycles. The van der Waals surface area contributed by atoms with Gasteiger partial charge in [-0.2, -0.15) is 0 Å². The van der Waals surface area contributed by atoms with Crippen LogP contribution in [-0.4, -0.2) is 15.2 Å². The van der Waals surface area contributed by atoms with Gasteiger partial charge >= 0.3 is 0 Å². The fourth-order valence-corrected chi connectivity index (χ4v) is 15.0. The smallest absolute Gasteiger partial charge is 0.0671 e. The van der Waals surface area contributed by atoms with Crippen molar-refractivity contribution in [3.63, 3.8) is 0 Å². The highest BCUT2D eigenvalue weighted by Gasteiger charge is 2.45. The molecule has 5 rings (SSSR count). The van der Waals surface area contributed by atoms with Crippen molar-refractivity contribution in [1.82, 2.24) is 0 Å². The average Bonchev–Trinajstić information content (AvgIpc) is 2.76. The third-order valence-electron chi connectivity index (χ3n) is 7.42. The summed E-state index contributed by atoms with van der Waals surface area (Å²) < 4.78 is 0. The van der Waals surface area contributed by atoms with E-state index >= 15 is 0 Å². The monoisotopic (exact) mass is 420 g/mol. The van der Waals surface area contributed by atoms with Gasteiger partial charge in [0.05, 0.1) is 15.2 Å². The van der Waals surface area contributed by atoms with Crippen molar-refractivity contribution >= 4 is 57.9 Å². The van der Waals surface area contributed by atoms with E-state index in [1.54, 1.807) is 10.4 Å². The van der Waals surface area contributed by atoms with Gasteiger partial charge in [-0.3, -0.25) is 0 Å². The van der Waals surface area contributed by atoms with Gasteiger partial charge in [0.15, 0.2) is 0 Å². The Kier molecular flexibility index (Phi) is 4.46. The van der Waals surface area contributed by atoms with Crippen LogP contribution >= 0.6 is 0 Å². The topological polar surface area (TPSA) is 0 Å². The summed E-state index contributed by atoms with van der Waals surface area (Å²) in [6.45, 7) is 10.5. The molecule has 0 radical (unpaired) electrons. The van der Waals surface area contributed by atoms with E-state index < -0.39 is 15.2 Å². The van der Waals surface area contributed by atoms with Crippen molar-refractivity contribution in [2.75, 3.05) is 0 Å². The molecule has 5 aromatic rings. The van der Waals surface area contributed by atoms with Gasteiger partial charge < -0.3 is 0 Å². The molecule has 0 N–H and O–H groups in total. The zero-order chi connectivity index (χ0) is 20.9. The van der Waals surface area contributed by atoms with Crippen LogP contribution in [-0.2, 0) is 0 Å². The molecule has 0 amide bonds. The van der Waals surface area contributed by atoms with Gasteiger partial charge in [0.1, 0.15) is 0 Å². The Morgan fingerprint density at radius 1 is 0.433 bits per heavy atom. The minimum Gasteiger partial charge on any atom is -0.0671 e. The van der Waals surface area contributed by atoms with Crippen LogP contribution in [0.5, 0.6) is 0 Å². The molecule has 0 aliphatic rings. The van der Waals surface area contributed by atoms with Gasteiger partial charge in [-0.15, -0.1) is 0 Å². The van der Waals surface area contributed by atoms with Gasteiger partial charge in [-0.25, -0.2) is 0 Å². The zero-order valence-corrected chi connectivity index (χ0v) is 20.2. The number of rotatable bonds is 3. The van der Waals surface area contributed by atoms with Crippen LogP contribution in [0.1, 0.15) is 0 Å². The number of benzene rings is 5. The summed E-state index contributed by atoms with van der Waals surface area (Å²) >= 11 is 0. The third kappa shape index (κ3) is 2.78. The highest BCUT2D eigenvalue weighted by atomic mass is 29.3. The largest absolute Gasteiger partial charge is 0.0808 e. The molecule has 0 aromatic heterocycles. The molecule has 0 nitrogen and oxygen atoms in total. The molecule has 0 heterocycles. The van der Waals surface area contributed by atoms with Crippen LogP contribution in [0.3, 0.4) is 0 Å². The van der Waals surface area contributed by atoms with E-state index in [0.717, 1.165) is 0 Å². The zero-order valence-electron chi connectivity index (χ0n) is 18.2. The van der Waals surface area contributed by atoms with E-state index in [-0.39, 0.29) is 0 Å². The molecule has 0 atom stereocenters. The first kappa shape index (κ1) is 19.3. The summed E-state index contributed by atoms with van der Waals surface area (Å²) in [5.41, 5.74) is 0. The van der Waals surface area contributed by atoms with E-state index in [4.69, 9.17) is 0 Å². The van der Waals surface area contributed by atoms with Crippen LogP contribution in [0.2, 0.25) is 26.2 Å². The Bertz CT molecular complexity index is 1340. The highest BCUT2D eigenvalue weighted by Crippen LogP contribution is 2.30. The van der Waals surface area contributed by atoms with Gasteiger partial charge in [0, 0.05) is 0 Å². The normalized spacial score (nSPS) is 12.7. The van der Waals surface area contributed by atoms with Crippen LogP contribution in [0.15, 0.2) is 97.1 Å². The molecule has 2 heteroatoms. The van der Waals surface area contributed by atoms with Crippen molar-refractivity contribution < 1.29 is 0 Å². The van der Waals surface area contributed by atoms with E-state index in [1.165, 1.54) is 32.3 Å². The van der Waals surface area contributed by atoms with Gasteiger partial charge in [0.25, 0.3) is 0 Å². The molecule has 0 bridgehead atoms. The van der Waals surface area contributed by atoms with Gasteiger partial charge in [-0.1, -0.05) is 122 Å². The Balaban J connectivity index is 1.85. The van der Waals surface area contributed by atoms with E-state index in [0.29, 0.717) is 0 Å². The first-order chi connectivity index (χ1) is 14.4. The van der Waals surface area contributed by atoms with Crippen LogP contribution in [0, 0.1) is 0 Å². The molecule has 0 unspecified atom stereocenters. The molecule has 30 heavy (non-hydrogen) atoms. The molecule has 148 valence electrons. The standard InChI is InChI=1S/C28H28Si2/c1-29(2,27-19-11-15-21-12-5-8-16-24(21)27)30(3,4)28-25-17-9-6-13-22(25)20-23-14-7-10-18-26(23)28/h5-20H,1-4H3. The van der Waals surface area contributed by atoms with Crippen LogP contribution in [0.25, 0.3) is 32.3 Å². The first-order valence-corrected chi connectivity index (χ1v) is 17.8. The van der Waals surface area contributed by atoms with Gasteiger partial charge in [0.2, 0.25) is 0 Å². The molecular weight excluding hydrogens is 392 g/mol. The molecule has 0 saturated carbocycles. The molecule has 0 spiro atoms. The van der Waals surface area contributed by atoms with Gasteiger partial charge in [-0.05, 0) is 43.6 Å². The molecule has 0 aliphatic heterocycles. The van der Waals surface area contributed by atoms with Crippen molar-refractivity contribution in [2.24, 2.45) is 0 Å². The predicted molar refractivity (Wildman–Crippen MR) is 140 cm³/mol. The number of hydrogen-bond donors (Lipinski definition) is 0. The minimum atomic E-state index is -1.86. The first-order valence-electron chi connectivity index (χ1n) is 10.8. The fourth-order valence-electron chi connectivity index (χ4n) is 5.11. The predicted octanol–water partition coefficient (Wildman–Crippen LogP) is 6.76. The lowest BCUT2D eigenvalue weighted by Gasteiger charge is -2.41. The van der Waals surface area contributed by atoms with Crippen LogP contribution in [0.4, 0.5) is 0 Å². The van der Waals surface area contributed by atoms with Crippen molar-refractivity contribution in [2.45, 2.75) is 26.2 Å². The van der Waals surface area contributed by atoms with E-state index in [9.17, 15) is 0 Å². The third-order valence-corrected chi connectivity index (χ3v) is 25.1. The SMILES string of the molecule is C[Si](C)(c1cccc2ccccc12)[Si](C)(C)c1c2ccccc2cc2ccccc12. The fraction of sp³-hybridized carbons (Fsp3) is 0.143. The molecular formula is C28H28Si2. The maximum atomic E-state index is 2.62. The summed E-state index contributed by atoms with van der Waals surface area (Å²) in [5, 5.41) is 11.7. The highest BCUT2D eigenvalue weighted by molar-refractivity contribution is 7.51. The second kappa shape index (κ2) is 6.93. The summed E-state index contributed by atoms with van der Waals surface area (Å²) in [5.74, 6) is 0. The second-order valence-corrected chi connectivity index (χ2v) is 24.5. The minimum absolute atomic E-state index is 1.36. The Morgan fingerprint density at radius 2 is 0.900 bits per heavy atom. The van der Waals surface area contributed by atoms with E-state index in [2.05, 4.69) is 123 Å². The number of hydrogen-bond acceptors (Lipinski definition) is 0. The van der Waals surface area contributed by atoms with E-state index in [1.807, 2.05) is 0 Å². The second-order valence-electron chi connectivity index (χ2n) is 9.47. The molecule has 5 aromatic carbocycles. The molecule has 0 aliphatic carbocycles. The molecule has 0 fully saturated rings. The maximum absolute atomic E-state index is 2.62. The maximum Gasteiger partial charge on any atom is 0.0808 e. The van der Waals surface area contributed by atoms with Crippen LogP contribution < -0.4 is 10.4 Å². The summed E-state index contributed by atoms with van der Waals surface area (Å²) in [4.78, 5) is 0. The van der Waals surface area contributed by atoms with Crippen molar-refractivity contribution in [3.8, 4) is 0 Å². The summed E-state index contributed by atoms with van der Waals surface area (Å²) in [7, 11) is -3.66. The lowest BCUT2D eigenvalue weighted by Crippen LogP contribution is -2.69. The summed E-state index contributed by atoms with van der Waals surface area (Å²) in [6.07, 6.45) is 0. The quantitative estimate of drug-likeness (QED) is 0.223. The Labute approximate surface area is 181 Å². The average molecular weight is 421 g/mol. The Morgan fingerprint density at radius 3 is 1.50 bits per heavy atom. The number of fused-ring (bicyclic) bond motifs is 3. The lowest BCUT2D eigenvalue weighted by atomic mass is 10.0. The lowest BCUT2D eigenvalue weighted by molar-refractivity contribution is 1.72. The Hall–Kier alpha value is -2.69. The van der Waals surface area contributed by atoms with Crippen molar-refractivity contribution in [1.29, 1.82) is 0 Å².